The third-order valence-electron chi connectivity index (χ3n) is 3.79. The number of hydrogen-bond acceptors (Lipinski definition) is 4. The Morgan fingerprint density at radius 3 is 3.04 bits per heavy atom. The molecule has 0 aliphatic heterocycles. The number of carbonyl (C=O) groups is 1. The summed E-state index contributed by atoms with van der Waals surface area (Å²) >= 11 is 1.53. The van der Waals surface area contributed by atoms with E-state index in [4.69, 9.17) is 0 Å². The number of hydrogen-bond donors (Lipinski definition) is 3. The summed E-state index contributed by atoms with van der Waals surface area (Å²) in [5, 5.41) is 16.3. The second-order valence-electron chi connectivity index (χ2n) is 5.44. The van der Waals surface area contributed by atoms with E-state index in [0.717, 1.165) is 21.5 Å². The molecule has 0 saturated carbocycles. The topological polar surface area (TPSA) is 78.0 Å². The van der Waals surface area contributed by atoms with Gasteiger partial charge >= 0.3 is 0 Å². The number of nitrogens with zero attached hydrogens (tertiary/aromatic N) is 1. The standard InChI is InChI=1S/C17H19N3O2S/c21-11-13(9-17-18-7-8-23-17)20-16(22)6-5-12-10-19-15-4-2-1-3-14(12)15/h1-4,7-8,10,13,19,21H,5-6,9,11H2,(H,20,22). The molecule has 0 aliphatic carbocycles. The number of benzene rings is 1. The quantitative estimate of drug-likeness (QED) is 0.622. The molecular weight excluding hydrogens is 310 g/mol. The number of nitrogens with one attached hydrogen (secondary N) is 2. The first-order valence-electron chi connectivity index (χ1n) is 7.60. The number of rotatable bonds is 7. The van der Waals surface area contributed by atoms with Gasteiger partial charge in [-0.3, -0.25) is 4.79 Å². The highest BCUT2D eigenvalue weighted by atomic mass is 32.1. The number of aryl methyl sites for hydroxylation is 1. The molecule has 0 bridgehead atoms. The molecule has 23 heavy (non-hydrogen) atoms. The molecule has 0 spiro atoms. The fourth-order valence-corrected chi connectivity index (χ4v) is 3.31. The third kappa shape index (κ3) is 3.97. The number of para-hydroxylation sites is 1. The van der Waals surface area contributed by atoms with E-state index in [0.29, 0.717) is 19.3 Å². The largest absolute Gasteiger partial charge is 0.394 e. The van der Waals surface area contributed by atoms with Crippen molar-refractivity contribution in [3.05, 3.63) is 52.6 Å². The number of carbonyl (C=O) groups excluding carboxylic acids is 1. The van der Waals surface area contributed by atoms with Crippen LogP contribution in [0, 0.1) is 0 Å². The summed E-state index contributed by atoms with van der Waals surface area (Å²) in [5.74, 6) is -0.0501. The van der Waals surface area contributed by atoms with Gasteiger partial charge in [0.05, 0.1) is 17.7 Å². The van der Waals surface area contributed by atoms with Crippen LogP contribution in [0.15, 0.2) is 42.0 Å². The summed E-state index contributed by atoms with van der Waals surface area (Å²) in [4.78, 5) is 19.5. The van der Waals surface area contributed by atoms with E-state index >= 15 is 0 Å². The van der Waals surface area contributed by atoms with Crippen LogP contribution in [0.5, 0.6) is 0 Å². The second-order valence-corrected chi connectivity index (χ2v) is 6.42. The molecule has 2 aromatic heterocycles. The fourth-order valence-electron chi connectivity index (χ4n) is 2.61. The Morgan fingerprint density at radius 2 is 2.26 bits per heavy atom. The van der Waals surface area contributed by atoms with Crippen LogP contribution in [-0.2, 0) is 17.6 Å². The van der Waals surface area contributed by atoms with Gasteiger partial charge in [-0.05, 0) is 18.1 Å². The van der Waals surface area contributed by atoms with E-state index in [2.05, 4.69) is 21.4 Å². The summed E-state index contributed by atoms with van der Waals surface area (Å²) in [5.41, 5.74) is 2.22. The molecule has 3 N–H and O–H groups in total. The monoisotopic (exact) mass is 329 g/mol. The maximum absolute atomic E-state index is 12.1. The average molecular weight is 329 g/mol. The Labute approximate surface area is 138 Å². The lowest BCUT2D eigenvalue weighted by Crippen LogP contribution is -2.39. The summed E-state index contributed by atoms with van der Waals surface area (Å²) < 4.78 is 0. The Bertz CT molecular complexity index is 767. The number of aromatic nitrogens is 2. The van der Waals surface area contributed by atoms with Gasteiger partial charge in [0.2, 0.25) is 5.91 Å². The number of amides is 1. The summed E-state index contributed by atoms with van der Waals surface area (Å²) in [6, 6.07) is 7.78. The molecule has 0 aliphatic rings. The molecule has 0 fully saturated rings. The zero-order chi connectivity index (χ0) is 16.1. The maximum atomic E-state index is 12.1. The van der Waals surface area contributed by atoms with Crippen LogP contribution < -0.4 is 5.32 Å². The van der Waals surface area contributed by atoms with Crippen LogP contribution in [-0.4, -0.2) is 33.6 Å². The van der Waals surface area contributed by atoms with Crippen molar-refractivity contribution in [3.63, 3.8) is 0 Å². The first-order chi connectivity index (χ1) is 11.3. The molecule has 1 unspecified atom stereocenters. The van der Waals surface area contributed by atoms with Crippen molar-refractivity contribution in [3.8, 4) is 0 Å². The highest BCUT2D eigenvalue weighted by molar-refractivity contribution is 7.09. The molecule has 0 saturated heterocycles. The normalized spacial score (nSPS) is 12.4. The van der Waals surface area contributed by atoms with Crippen LogP contribution in [0.25, 0.3) is 10.9 Å². The van der Waals surface area contributed by atoms with Crippen molar-refractivity contribution in [2.75, 3.05) is 6.61 Å². The van der Waals surface area contributed by atoms with Gasteiger partial charge in [0.1, 0.15) is 0 Å². The van der Waals surface area contributed by atoms with Crippen molar-refractivity contribution in [2.45, 2.75) is 25.3 Å². The van der Waals surface area contributed by atoms with Crippen LogP contribution >= 0.6 is 11.3 Å². The van der Waals surface area contributed by atoms with Crippen molar-refractivity contribution in [2.24, 2.45) is 0 Å². The molecular formula is C17H19N3O2S. The van der Waals surface area contributed by atoms with E-state index in [1.54, 1.807) is 6.20 Å². The first kappa shape index (κ1) is 15.7. The number of aliphatic hydroxyl groups is 1. The van der Waals surface area contributed by atoms with Gasteiger partial charge in [-0.25, -0.2) is 4.98 Å². The molecule has 1 amide bonds. The third-order valence-corrected chi connectivity index (χ3v) is 4.59. The van der Waals surface area contributed by atoms with E-state index in [1.807, 2.05) is 29.8 Å². The van der Waals surface area contributed by atoms with Gasteiger partial charge in [-0.1, -0.05) is 18.2 Å². The van der Waals surface area contributed by atoms with Crippen molar-refractivity contribution < 1.29 is 9.90 Å². The molecule has 5 nitrogen and oxygen atoms in total. The second kappa shape index (κ2) is 7.39. The molecule has 0 radical (unpaired) electrons. The lowest BCUT2D eigenvalue weighted by atomic mass is 10.1. The van der Waals surface area contributed by atoms with Crippen molar-refractivity contribution in [1.29, 1.82) is 0 Å². The lowest BCUT2D eigenvalue weighted by molar-refractivity contribution is -0.122. The van der Waals surface area contributed by atoms with Gasteiger partial charge in [-0.15, -0.1) is 11.3 Å². The van der Waals surface area contributed by atoms with E-state index < -0.39 is 0 Å². The summed E-state index contributed by atoms with van der Waals surface area (Å²) in [7, 11) is 0. The number of fused-ring (bicyclic) bond motifs is 1. The Kier molecular flexibility index (Phi) is 5.05. The number of aromatic amines is 1. The van der Waals surface area contributed by atoms with Crippen LogP contribution in [0.1, 0.15) is 17.0 Å². The average Bonchev–Trinajstić information content (AvgIpc) is 3.22. The van der Waals surface area contributed by atoms with E-state index in [1.165, 1.54) is 11.3 Å². The number of H-pyrrole nitrogens is 1. The molecule has 2 heterocycles. The molecule has 120 valence electrons. The predicted octanol–water partition coefficient (Wildman–Crippen LogP) is 2.28. The minimum absolute atomic E-state index is 0.0501. The molecule has 1 atom stereocenters. The van der Waals surface area contributed by atoms with Gasteiger partial charge in [0.25, 0.3) is 0 Å². The smallest absolute Gasteiger partial charge is 0.220 e. The van der Waals surface area contributed by atoms with E-state index in [9.17, 15) is 9.90 Å². The zero-order valence-electron chi connectivity index (χ0n) is 12.7. The first-order valence-corrected chi connectivity index (χ1v) is 8.48. The Hall–Kier alpha value is -2.18. The van der Waals surface area contributed by atoms with Gasteiger partial charge < -0.3 is 15.4 Å². The Balaban J connectivity index is 1.54. The molecule has 3 aromatic rings. The van der Waals surface area contributed by atoms with Crippen molar-refractivity contribution in [1.82, 2.24) is 15.3 Å². The van der Waals surface area contributed by atoms with Gasteiger partial charge in [0.15, 0.2) is 0 Å². The fraction of sp³-hybridized carbons (Fsp3) is 0.294. The minimum Gasteiger partial charge on any atom is -0.394 e. The predicted molar refractivity (Wildman–Crippen MR) is 91.5 cm³/mol. The molecule has 1 aromatic carbocycles. The van der Waals surface area contributed by atoms with Crippen LogP contribution in [0.4, 0.5) is 0 Å². The highest BCUT2D eigenvalue weighted by Gasteiger charge is 2.14. The highest BCUT2D eigenvalue weighted by Crippen LogP contribution is 2.19. The van der Waals surface area contributed by atoms with Crippen LogP contribution in [0.2, 0.25) is 0 Å². The number of aliphatic hydroxyl groups excluding tert-OH is 1. The van der Waals surface area contributed by atoms with E-state index in [-0.39, 0.29) is 18.6 Å². The Morgan fingerprint density at radius 1 is 1.39 bits per heavy atom. The molecule has 3 rings (SSSR count). The summed E-state index contributed by atoms with van der Waals surface area (Å²) in [6.07, 6.45) is 5.32. The lowest BCUT2D eigenvalue weighted by Gasteiger charge is -2.14. The molecule has 6 heteroatoms. The maximum Gasteiger partial charge on any atom is 0.220 e. The number of thiazole rings is 1. The van der Waals surface area contributed by atoms with Crippen LogP contribution in [0.3, 0.4) is 0 Å². The van der Waals surface area contributed by atoms with Gasteiger partial charge in [-0.2, -0.15) is 0 Å². The summed E-state index contributed by atoms with van der Waals surface area (Å²) in [6.45, 7) is -0.0849. The van der Waals surface area contributed by atoms with Crippen molar-refractivity contribution >= 4 is 28.1 Å². The SMILES string of the molecule is O=C(CCc1c[nH]c2ccccc12)NC(CO)Cc1nccs1. The van der Waals surface area contributed by atoms with Gasteiger partial charge in [0, 0.05) is 41.5 Å². The zero-order valence-corrected chi connectivity index (χ0v) is 13.5. The minimum atomic E-state index is -0.281.